The van der Waals surface area contributed by atoms with Crippen molar-refractivity contribution in [3.63, 3.8) is 0 Å². The van der Waals surface area contributed by atoms with Crippen molar-refractivity contribution in [1.82, 2.24) is 15.5 Å². The molecule has 1 unspecified atom stereocenters. The Hall–Kier alpha value is -2.46. The van der Waals surface area contributed by atoms with Gasteiger partial charge in [0.2, 0.25) is 11.7 Å². The van der Waals surface area contributed by atoms with Crippen LogP contribution in [-0.2, 0) is 28.7 Å². The molecular weight excluding hydrogens is 645 g/mol. The Labute approximate surface area is 289 Å². The number of ether oxygens (including phenoxy) is 1. The standard InChI is InChI=1S/C35H53Cl2N3O7/c1-8-9-14-22(30(44)24(41)17-13-18-26(43)47-34(5,6)7)19-25(42)29-27-23(35(27,36)37)20-40(29)31(45)28(21-15-11-10-12-16-21)38-32(46)39-33(2,3)4/h8,21-23,27-29H,1,9-20H2,2-7H3,(H2,38,39,46)/t22?,23-,27-,28-,29+/m0/s1. The summed E-state index contributed by atoms with van der Waals surface area (Å²) in [5.74, 6) is -4.40. The molecule has 0 aromatic heterocycles. The lowest BCUT2D eigenvalue weighted by atomic mass is 9.82. The molecule has 0 spiro atoms. The van der Waals surface area contributed by atoms with Crippen LogP contribution in [0.15, 0.2) is 12.7 Å². The molecule has 2 aliphatic carbocycles. The van der Waals surface area contributed by atoms with Gasteiger partial charge in [-0.1, -0.05) is 25.3 Å². The summed E-state index contributed by atoms with van der Waals surface area (Å²) in [4.78, 5) is 81.2. The molecule has 264 valence electrons. The zero-order valence-corrected chi connectivity index (χ0v) is 30.3. The third-order valence-electron chi connectivity index (χ3n) is 9.13. The second kappa shape index (κ2) is 15.8. The van der Waals surface area contributed by atoms with Gasteiger partial charge in [0, 0.05) is 49.1 Å². The average molecular weight is 699 g/mol. The van der Waals surface area contributed by atoms with Gasteiger partial charge in [0.15, 0.2) is 11.6 Å². The van der Waals surface area contributed by atoms with Gasteiger partial charge in [-0.15, -0.1) is 29.8 Å². The second-order valence-corrected chi connectivity index (χ2v) is 16.9. The maximum Gasteiger partial charge on any atom is 0.315 e. The highest BCUT2D eigenvalue weighted by Crippen LogP contribution is 2.65. The number of likely N-dealkylation sites (tertiary alicyclic amines) is 1. The Morgan fingerprint density at radius 3 is 2.21 bits per heavy atom. The van der Waals surface area contributed by atoms with Gasteiger partial charge >= 0.3 is 12.0 Å². The Morgan fingerprint density at radius 2 is 1.64 bits per heavy atom. The molecule has 12 heteroatoms. The summed E-state index contributed by atoms with van der Waals surface area (Å²) in [7, 11) is 0. The third-order valence-corrected chi connectivity index (χ3v) is 10.2. The minimum atomic E-state index is -1.19. The molecular formula is C35H53Cl2N3O7. The Balaban J connectivity index is 1.77. The van der Waals surface area contributed by atoms with Gasteiger partial charge in [0.25, 0.3) is 0 Å². The number of amides is 3. The fourth-order valence-corrected chi connectivity index (χ4v) is 7.72. The van der Waals surface area contributed by atoms with Crippen LogP contribution in [0.1, 0.15) is 112 Å². The number of hydrogen-bond acceptors (Lipinski definition) is 7. The van der Waals surface area contributed by atoms with E-state index in [1.165, 1.54) is 4.90 Å². The summed E-state index contributed by atoms with van der Waals surface area (Å²) < 4.78 is 4.09. The summed E-state index contributed by atoms with van der Waals surface area (Å²) in [6.07, 6.45) is 6.46. The highest BCUT2D eigenvalue weighted by molar-refractivity contribution is 6.51. The first kappa shape index (κ1) is 39.0. The molecule has 0 aromatic rings. The molecule has 3 aliphatic rings. The maximum absolute atomic E-state index is 14.3. The van der Waals surface area contributed by atoms with Crippen LogP contribution >= 0.6 is 23.2 Å². The number of alkyl halides is 2. The number of urea groups is 1. The Kier molecular flexibility index (Phi) is 13.1. The molecule has 3 amide bonds. The van der Waals surface area contributed by atoms with Crippen molar-refractivity contribution in [2.45, 2.75) is 140 Å². The van der Waals surface area contributed by atoms with Gasteiger partial charge < -0.3 is 20.3 Å². The van der Waals surface area contributed by atoms with Crippen molar-refractivity contribution in [1.29, 1.82) is 0 Å². The number of Topliss-reactive ketones (excluding diaryl/α,β-unsaturated/α-hetero) is 3. The lowest BCUT2D eigenvalue weighted by molar-refractivity contribution is -0.155. The van der Waals surface area contributed by atoms with Crippen LogP contribution in [0.25, 0.3) is 0 Å². The molecule has 1 aliphatic heterocycles. The highest BCUT2D eigenvalue weighted by atomic mass is 35.5. The predicted molar refractivity (Wildman–Crippen MR) is 181 cm³/mol. The third kappa shape index (κ3) is 10.8. The predicted octanol–water partition coefficient (Wildman–Crippen LogP) is 5.86. The SMILES string of the molecule is C=CCCC(CC(=O)[C@@H]1[C@@H]2[C@H](CN1C(=O)[C@@H](NC(=O)NC(C)(C)C)C1CCCCC1)C2(Cl)Cl)C(=O)C(=O)CCCC(=O)OC(C)(C)C. The molecule has 3 rings (SSSR count). The topological polar surface area (TPSA) is 139 Å². The van der Waals surface area contributed by atoms with E-state index in [1.807, 2.05) is 20.8 Å². The van der Waals surface area contributed by atoms with E-state index in [0.717, 1.165) is 32.1 Å². The molecule has 10 nitrogen and oxygen atoms in total. The van der Waals surface area contributed by atoms with Crippen molar-refractivity contribution < 1.29 is 33.5 Å². The number of piperidine rings is 1. The van der Waals surface area contributed by atoms with Crippen molar-refractivity contribution in [2.24, 2.45) is 23.7 Å². The quantitative estimate of drug-likeness (QED) is 0.0947. The largest absolute Gasteiger partial charge is 0.460 e. The van der Waals surface area contributed by atoms with Crippen LogP contribution in [0.3, 0.4) is 0 Å². The molecule has 0 aromatic carbocycles. The zero-order valence-electron chi connectivity index (χ0n) is 28.8. The summed E-state index contributed by atoms with van der Waals surface area (Å²) >= 11 is 13.2. The molecule has 3 fully saturated rings. The monoisotopic (exact) mass is 697 g/mol. The number of allylic oxidation sites excluding steroid dienone is 1. The van der Waals surface area contributed by atoms with Gasteiger partial charge in [-0.25, -0.2) is 4.79 Å². The molecule has 1 heterocycles. The minimum absolute atomic E-state index is 0.00768. The molecule has 47 heavy (non-hydrogen) atoms. The summed E-state index contributed by atoms with van der Waals surface area (Å²) in [6.45, 7) is 14.7. The number of halogens is 2. The number of rotatable bonds is 15. The van der Waals surface area contributed by atoms with E-state index >= 15 is 0 Å². The lowest BCUT2D eigenvalue weighted by Crippen LogP contribution is -2.59. The van der Waals surface area contributed by atoms with Crippen LogP contribution in [0.2, 0.25) is 0 Å². The molecule has 0 radical (unpaired) electrons. The van der Waals surface area contributed by atoms with Gasteiger partial charge in [0.1, 0.15) is 16.0 Å². The average Bonchev–Trinajstić information content (AvgIpc) is 3.26. The first-order valence-corrected chi connectivity index (χ1v) is 17.7. The number of ketones is 3. The highest BCUT2D eigenvalue weighted by Gasteiger charge is 2.73. The van der Waals surface area contributed by atoms with Gasteiger partial charge in [-0.05, 0) is 79.6 Å². The number of carbonyl (C=O) groups excluding carboxylic acids is 6. The number of fused-ring (bicyclic) bond motifs is 1. The van der Waals surface area contributed by atoms with E-state index in [0.29, 0.717) is 6.42 Å². The van der Waals surface area contributed by atoms with Crippen molar-refractivity contribution in [3.05, 3.63) is 12.7 Å². The molecule has 5 atom stereocenters. The van der Waals surface area contributed by atoms with Crippen LogP contribution in [0, 0.1) is 23.7 Å². The van der Waals surface area contributed by atoms with Crippen molar-refractivity contribution >= 4 is 58.5 Å². The van der Waals surface area contributed by atoms with Gasteiger partial charge in [0.05, 0.1) is 6.04 Å². The number of esters is 1. The second-order valence-electron chi connectivity index (χ2n) is 15.4. The van der Waals surface area contributed by atoms with Crippen LogP contribution in [-0.4, -0.2) is 74.3 Å². The normalized spacial score (nSPS) is 23.6. The van der Waals surface area contributed by atoms with Crippen LogP contribution in [0.4, 0.5) is 4.79 Å². The number of nitrogens with one attached hydrogen (secondary N) is 2. The lowest BCUT2D eigenvalue weighted by Gasteiger charge is -2.37. The zero-order chi connectivity index (χ0) is 35.3. The molecule has 1 saturated heterocycles. The van der Waals surface area contributed by atoms with Gasteiger partial charge in [-0.3, -0.25) is 24.0 Å². The molecule has 0 bridgehead atoms. The van der Waals surface area contributed by atoms with Crippen LogP contribution in [0.5, 0.6) is 0 Å². The Bertz CT molecular complexity index is 1220. The minimum Gasteiger partial charge on any atom is -0.460 e. The summed E-state index contributed by atoms with van der Waals surface area (Å²) in [6, 6.07) is -2.28. The van der Waals surface area contributed by atoms with Crippen LogP contribution < -0.4 is 10.6 Å². The van der Waals surface area contributed by atoms with E-state index in [1.54, 1.807) is 26.8 Å². The van der Waals surface area contributed by atoms with E-state index in [9.17, 15) is 28.8 Å². The fourth-order valence-electron chi connectivity index (χ4n) is 6.89. The fraction of sp³-hybridized carbons (Fsp3) is 0.771. The van der Waals surface area contributed by atoms with Crippen molar-refractivity contribution in [3.8, 4) is 0 Å². The first-order valence-electron chi connectivity index (χ1n) is 17.0. The Morgan fingerprint density at radius 1 is 1.00 bits per heavy atom. The van der Waals surface area contributed by atoms with Gasteiger partial charge in [-0.2, -0.15) is 0 Å². The number of nitrogens with zero attached hydrogens (tertiary/aromatic N) is 1. The number of hydrogen-bond donors (Lipinski definition) is 2. The smallest absolute Gasteiger partial charge is 0.315 e. The maximum atomic E-state index is 14.3. The molecule has 2 N–H and O–H groups in total. The molecule has 2 saturated carbocycles. The van der Waals surface area contributed by atoms with E-state index in [-0.39, 0.29) is 62.2 Å². The summed E-state index contributed by atoms with van der Waals surface area (Å²) in [5, 5.41) is 5.77. The number of carbonyl (C=O) groups is 6. The van der Waals surface area contributed by atoms with E-state index < -0.39 is 63.0 Å². The van der Waals surface area contributed by atoms with E-state index in [2.05, 4.69) is 17.2 Å². The van der Waals surface area contributed by atoms with E-state index in [4.69, 9.17) is 27.9 Å². The van der Waals surface area contributed by atoms with Crippen molar-refractivity contribution in [2.75, 3.05) is 6.54 Å². The first-order chi connectivity index (χ1) is 21.8. The summed E-state index contributed by atoms with van der Waals surface area (Å²) in [5.41, 5.74) is -1.17.